The molecule has 0 spiro atoms. The van der Waals surface area contributed by atoms with E-state index in [0.29, 0.717) is 12.5 Å². The average molecular weight is 222 g/mol. The Hall–Kier alpha value is -0.930. The minimum atomic E-state index is 0.294. The van der Waals surface area contributed by atoms with Crippen molar-refractivity contribution < 1.29 is 5.11 Å². The Bertz CT molecular complexity index is 284. The number of hydrogen-bond acceptors (Lipinski definition) is 3. The van der Waals surface area contributed by atoms with Gasteiger partial charge in [0.1, 0.15) is 0 Å². The van der Waals surface area contributed by atoms with Gasteiger partial charge in [0.05, 0.1) is 0 Å². The van der Waals surface area contributed by atoms with Crippen LogP contribution in [0.15, 0.2) is 18.3 Å². The highest BCUT2D eigenvalue weighted by atomic mass is 16.3. The molecule has 0 aliphatic rings. The molecule has 1 unspecified atom stereocenters. The van der Waals surface area contributed by atoms with Crippen LogP contribution in [0.2, 0.25) is 0 Å². The standard InChI is InChI=1S/C13H22N2O/c1-11(10-16)4-3-7-14-8-13-6-5-12(2)15-9-13/h5-6,9,11,14,16H,3-4,7-8,10H2,1-2H3. The third-order valence-electron chi connectivity index (χ3n) is 2.66. The second-order valence-electron chi connectivity index (χ2n) is 4.41. The third-order valence-corrected chi connectivity index (χ3v) is 2.66. The van der Waals surface area contributed by atoms with E-state index in [0.717, 1.165) is 31.6 Å². The van der Waals surface area contributed by atoms with Crippen molar-refractivity contribution in [2.75, 3.05) is 13.2 Å². The first-order valence-corrected chi connectivity index (χ1v) is 5.95. The summed E-state index contributed by atoms with van der Waals surface area (Å²) >= 11 is 0. The van der Waals surface area contributed by atoms with E-state index in [1.807, 2.05) is 19.2 Å². The first-order valence-electron chi connectivity index (χ1n) is 5.95. The molecule has 0 saturated heterocycles. The van der Waals surface area contributed by atoms with Gasteiger partial charge in [0, 0.05) is 25.0 Å². The Morgan fingerprint density at radius 3 is 2.88 bits per heavy atom. The van der Waals surface area contributed by atoms with Crippen molar-refractivity contribution in [2.45, 2.75) is 33.2 Å². The highest BCUT2D eigenvalue weighted by Crippen LogP contribution is 2.03. The van der Waals surface area contributed by atoms with Crippen molar-refractivity contribution in [3.05, 3.63) is 29.6 Å². The second-order valence-corrected chi connectivity index (χ2v) is 4.41. The van der Waals surface area contributed by atoms with Gasteiger partial charge in [0.2, 0.25) is 0 Å². The zero-order chi connectivity index (χ0) is 11.8. The molecule has 0 aliphatic heterocycles. The number of aliphatic hydroxyl groups excluding tert-OH is 1. The van der Waals surface area contributed by atoms with Gasteiger partial charge in [0.25, 0.3) is 0 Å². The van der Waals surface area contributed by atoms with Gasteiger partial charge in [-0.15, -0.1) is 0 Å². The van der Waals surface area contributed by atoms with Gasteiger partial charge >= 0.3 is 0 Å². The molecule has 1 aromatic rings. The molecule has 0 saturated carbocycles. The van der Waals surface area contributed by atoms with Crippen LogP contribution in [0.3, 0.4) is 0 Å². The van der Waals surface area contributed by atoms with Crippen LogP contribution < -0.4 is 5.32 Å². The maximum Gasteiger partial charge on any atom is 0.0456 e. The molecule has 1 rings (SSSR count). The molecule has 1 aromatic heterocycles. The molecule has 2 N–H and O–H groups in total. The van der Waals surface area contributed by atoms with Crippen molar-refractivity contribution in [1.29, 1.82) is 0 Å². The summed E-state index contributed by atoms with van der Waals surface area (Å²) in [6, 6.07) is 4.14. The molecule has 0 aliphatic carbocycles. The number of nitrogens with one attached hydrogen (secondary N) is 1. The Morgan fingerprint density at radius 2 is 2.25 bits per heavy atom. The normalized spacial score (nSPS) is 12.7. The summed E-state index contributed by atoms with van der Waals surface area (Å²) in [4.78, 5) is 4.25. The summed E-state index contributed by atoms with van der Waals surface area (Å²) < 4.78 is 0. The van der Waals surface area contributed by atoms with Crippen LogP contribution in [0.5, 0.6) is 0 Å². The number of nitrogens with zero attached hydrogens (tertiary/aromatic N) is 1. The number of aromatic nitrogens is 1. The lowest BCUT2D eigenvalue weighted by molar-refractivity contribution is 0.228. The summed E-state index contributed by atoms with van der Waals surface area (Å²) in [5.74, 6) is 0.419. The van der Waals surface area contributed by atoms with Crippen LogP contribution in [0.1, 0.15) is 31.0 Å². The molecule has 1 heterocycles. The van der Waals surface area contributed by atoms with E-state index in [1.54, 1.807) is 0 Å². The average Bonchev–Trinajstić information content (AvgIpc) is 2.31. The lowest BCUT2D eigenvalue weighted by Crippen LogP contribution is -2.16. The number of hydrogen-bond donors (Lipinski definition) is 2. The summed E-state index contributed by atoms with van der Waals surface area (Å²) in [5.41, 5.74) is 2.28. The van der Waals surface area contributed by atoms with Gasteiger partial charge in [-0.1, -0.05) is 13.0 Å². The predicted octanol–water partition coefficient (Wildman–Crippen LogP) is 1.89. The minimum absolute atomic E-state index is 0.294. The van der Waals surface area contributed by atoms with Crippen LogP contribution in [0, 0.1) is 12.8 Å². The Balaban J connectivity index is 2.09. The molecule has 0 aromatic carbocycles. The molecular formula is C13H22N2O. The predicted molar refractivity (Wildman–Crippen MR) is 66.2 cm³/mol. The van der Waals surface area contributed by atoms with Crippen molar-refractivity contribution in [1.82, 2.24) is 10.3 Å². The summed E-state index contributed by atoms with van der Waals surface area (Å²) in [7, 11) is 0. The van der Waals surface area contributed by atoms with Crippen LogP contribution in [-0.4, -0.2) is 23.2 Å². The van der Waals surface area contributed by atoms with Crippen LogP contribution >= 0.6 is 0 Å². The fourth-order valence-electron chi connectivity index (χ4n) is 1.50. The van der Waals surface area contributed by atoms with E-state index in [-0.39, 0.29) is 0 Å². The summed E-state index contributed by atoms with van der Waals surface area (Å²) in [6.07, 6.45) is 4.11. The maximum absolute atomic E-state index is 8.87. The van der Waals surface area contributed by atoms with Crippen molar-refractivity contribution >= 4 is 0 Å². The SMILES string of the molecule is Cc1ccc(CNCCCC(C)CO)cn1. The van der Waals surface area contributed by atoms with E-state index >= 15 is 0 Å². The fraction of sp³-hybridized carbons (Fsp3) is 0.615. The first kappa shape index (κ1) is 13.1. The molecule has 0 fully saturated rings. The molecule has 0 amide bonds. The lowest BCUT2D eigenvalue weighted by atomic mass is 10.1. The highest BCUT2D eigenvalue weighted by Gasteiger charge is 1.99. The van der Waals surface area contributed by atoms with Gasteiger partial charge < -0.3 is 10.4 Å². The van der Waals surface area contributed by atoms with E-state index in [9.17, 15) is 0 Å². The number of aryl methyl sites for hydroxylation is 1. The molecule has 0 radical (unpaired) electrons. The van der Waals surface area contributed by atoms with Gasteiger partial charge in [-0.2, -0.15) is 0 Å². The van der Waals surface area contributed by atoms with Crippen LogP contribution in [-0.2, 0) is 6.54 Å². The third kappa shape index (κ3) is 5.24. The Labute approximate surface area is 97.9 Å². The quantitative estimate of drug-likeness (QED) is 0.692. The van der Waals surface area contributed by atoms with E-state index < -0.39 is 0 Å². The van der Waals surface area contributed by atoms with E-state index in [2.05, 4.69) is 23.3 Å². The van der Waals surface area contributed by atoms with Crippen LogP contribution in [0.25, 0.3) is 0 Å². The fourth-order valence-corrected chi connectivity index (χ4v) is 1.50. The second kappa shape index (κ2) is 7.36. The lowest BCUT2D eigenvalue weighted by Gasteiger charge is -2.08. The molecule has 90 valence electrons. The topological polar surface area (TPSA) is 45.1 Å². The maximum atomic E-state index is 8.87. The minimum Gasteiger partial charge on any atom is -0.396 e. The van der Waals surface area contributed by atoms with Crippen LogP contribution in [0.4, 0.5) is 0 Å². The first-order chi connectivity index (χ1) is 7.72. The summed E-state index contributed by atoms with van der Waals surface area (Å²) in [6.45, 7) is 6.23. The highest BCUT2D eigenvalue weighted by molar-refractivity contribution is 5.12. The molecule has 3 nitrogen and oxygen atoms in total. The summed E-state index contributed by atoms with van der Waals surface area (Å²) in [5, 5.41) is 12.2. The van der Waals surface area contributed by atoms with E-state index in [4.69, 9.17) is 5.11 Å². The molecule has 0 bridgehead atoms. The van der Waals surface area contributed by atoms with Gasteiger partial charge in [0.15, 0.2) is 0 Å². The largest absolute Gasteiger partial charge is 0.396 e. The molecule has 16 heavy (non-hydrogen) atoms. The van der Waals surface area contributed by atoms with Crippen molar-refractivity contribution in [3.63, 3.8) is 0 Å². The Morgan fingerprint density at radius 1 is 1.44 bits per heavy atom. The molecular weight excluding hydrogens is 200 g/mol. The number of aliphatic hydroxyl groups is 1. The molecule has 1 atom stereocenters. The van der Waals surface area contributed by atoms with Crippen molar-refractivity contribution in [2.24, 2.45) is 5.92 Å². The zero-order valence-electron chi connectivity index (χ0n) is 10.2. The van der Waals surface area contributed by atoms with Gasteiger partial charge in [-0.05, 0) is 43.9 Å². The smallest absolute Gasteiger partial charge is 0.0456 e. The van der Waals surface area contributed by atoms with Gasteiger partial charge in [-0.3, -0.25) is 4.98 Å². The number of pyridine rings is 1. The number of rotatable bonds is 7. The Kier molecular flexibility index (Phi) is 6.04. The van der Waals surface area contributed by atoms with Gasteiger partial charge in [-0.25, -0.2) is 0 Å². The zero-order valence-corrected chi connectivity index (χ0v) is 10.2. The van der Waals surface area contributed by atoms with E-state index in [1.165, 1.54) is 5.56 Å². The van der Waals surface area contributed by atoms with Crippen molar-refractivity contribution in [3.8, 4) is 0 Å². The molecule has 3 heteroatoms. The monoisotopic (exact) mass is 222 g/mol.